The van der Waals surface area contributed by atoms with Crippen LogP contribution < -0.4 is 10.5 Å². The van der Waals surface area contributed by atoms with E-state index >= 15 is 0 Å². The SMILES string of the molecule is NS(=O)(=O)c1c(S(=O)(=O)C2CNC2)ccc(-c2ccc3cn[nH]c3c2)c1-c1nn[nH]n1.O=C(O)C(F)(F)F. The van der Waals surface area contributed by atoms with Crippen molar-refractivity contribution in [3.05, 3.63) is 36.5 Å². The summed E-state index contributed by atoms with van der Waals surface area (Å²) in [6.07, 6.45) is -3.43. The van der Waals surface area contributed by atoms with Gasteiger partial charge in [0.1, 0.15) is 4.90 Å². The van der Waals surface area contributed by atoms with E-state index < -0.39 is 42.2 Å². The number of carbonyl (C=O) groups is 1. The number of tetrazole rings is 1. The normalized spacial score (nSPS) is 14.5. The summed E-state index contributed by atoms with van der Waals surface area (Å²) in [6.45, 7) is 0.449. The Balaban J connectivity index is 0.000000426. The van der Waals surface area contributed by atoms with Gasteiger partial charge in [0.25, 0.3) is 0 Å². The Hall–Kier alpha value is -3.94. The second-order valence-electron chi connectivity index (χ2n) is 7.90. The van der Waals surface area contributed by atoms with Gasteiger partial charge in [-0.3, -0.25) is 5.10 Å². The van der Waals surface area contributed by atoms with Crippen LogP contribution in [0.15, 0.2) is 46.3 Å². The number of halogens is 3. The van der Waals surface area contributed by atoms with Gasteiger partial charge in [0.05, 0.1) is 27.4 Å². The Bertz CT molecular complexity index is 1720. The highest BCUT2D eigenvalue weighted by molar-refractivity contribution is 7.94. The molecular weight excluding hydrogens is 557 g/mol. The number of sulfonamides is 1. The van der Waals surface area contributed by atoms with Gasteiger partial charge in [-0.25, -0.2) is 26.8 Å². The standard InChI is InChI=1S/C17H16N8O4S2.C2HF3O2/c18-31(28,29)16-14(30(26,27)11-7-19-8-11)4-3-12(15(16)17-22-24-25-23-17)9-1-2-10-6-20-21-13(10)5-9;3-2(4,5)1(6)7/h1-6,11,19H,7-8H2,(H,20,21)(H2,18,28,29)(H,22,23,24,25);(H,6,7). The van der Waals surface area contributed by atoms with Crippen molar-refractivity contribution in [2.24, 2.45) is 5.14 Å². The van der Waals surface area contributed by atoms with Crippen molar-refractivity contribution in [3.63, 3.8) is 0 Å². The van der Waals surface area contributed by atoms with E-state index in [2.05, 4.69) is 36.1 Å². The van der Waals surface area contributed by atoms with E-state index in [0.29, 0.717) is 16.6 Å². The number of carboxylic acids is 1. The molecule has 1 aliphatic heterocycles. The first-order valence-corrected chi connectivity index (χ1v) is 13.4. The lowest BCUT2D eigenvalue weighted by Gasteiger charge is -2.28. The van der Waals surface area contributed by atoms with E-state index in [1.165, 1.54) is 12.1 Å². The van der Waals surface area contributed by atoms with Crippen LogP contribution in [0.4, 0.5) is 13.2 Å². The Morgan fingerprint density at radius 3 is 2.32 bits per heavy atom. The number of aromatic amines is 2. The van der Waals surface area contributed by atoms with Crippen molar-refractivity contribution in [1.82, 2.24) is 36.1 Å². The summed E-state index contributed by atoms with van der Waals surface area (Å²) in [5.41, 5.74) is 1.65. The summed E-state index contributed by atoms with van der Waals surface area (Å²) in [6, 6.07) is 8.11. The maximum atomic E-state index is 13.2. The molecule has 0 atom stereocenters. The molecule has 0 saturated carbocycles. The van der Waals surface area contributed by atoms with Gasteiger partial charge in [-0.15, -0.1) is 10.2 Å². The molecule has 3 heterocycles. The topological polar surface area (TPSA) is 227 Å². The number of carboxylic acid groups (broad SMARTS) is 1. The van der Waals surface area contributed by atoms with Crippen molar-refractivity contribution >= 4 is 36.7 Å². The van der Waals surface area contributed by atoms with Crippen LogP contribution in [0, 0.1) is 0 Å². The highest BCUT2D eigenvalue weighted by atomic mass is 32.2. The molecule has 0 bridgehead atoms. The number of sulfone groups is 1. The molecule has 2 aromatic heterocycles. The maximum absolute atomic E-state index is 13.2. The molecule has 38 heavy (non-hydrogen) atoms. The molecule has 1 saturated heterocycles. The molecule has 6 N–H and O–H groups in total. The first-order chi connectivity index (χ1) is 17.7. The molecule has 14 nitrogen and oxygen atoms in total. The van der Waals surface area contributed by atoms with Gasteiger partial charge in [-0.2, -0.15) is 23.5 Å². The number of aromatic nitrogens is 6. The molecule has 0 aliphatic carbocycles. The van der Waals surface area contributed by atoms with Crippen LogP contribution >= 0.6 is 0 Å². The van der Waals surface area contributed by atoms with E-state index in [1.54, 1.807) is 24.4 Å². The Morgan fingerprint density at radius 2 is 1.79 bits per heavy atom. The zero-order valence-corrected chi connectivity index (χ0v) is 20.4. The van der Waals surface area contributed by atoms with Gasteiger partial charge in [0.2, 0.25) is 15.8 Å². The molecule has 2 aromatic carbocycles. The molecule has 19 heteroatoms. The average Bonchev–Trinajstić information content (AvgIpc) is 3.47. The molecule has 0 radical (unpaired) electrons. The van der Waals surface area contributed by atoms with E-state index in [9.17, 15) is 30.0 Å². The summed E-state index contributed by atoms with van der Waals surface area (Å²) < 4.78 is 83.4. The van der Waals surface area contributed by atoms with E-state index in [0.717, 1.165) is 5.39 Å². The second-order valence-corrected chi connectivity index (χ2v) is 11.6. The molecule has 5 rings (SSSR count). The summed E-state index contributed by atoms with van der Waals surface area (Å²) >= 11 is 0. The van der Waals surface area contributed by atoms with Crippen molar-refractivity contribution in [3.8, 4) is 22.5 Å². The number of nitrogens with zero attached hydrogens (tertiary/aromatic N) is 4. The quantitative estimate of drug-likeness (QED) is 0.220. The minimum Gasteiger partial charge on any atom is -0.475 e. The van der Waals surface area contributed by atoms with Crippen molar-refractivity contribution in [1.29, 1.82) is 0 Å². The first kappa shape index (κ1) is 27.1. The van der Waals surface area contributed by atoms with E-state index in [1.807, 2.05) is 0 Å². The van der Waals surface area contributed by atoms with Crippen molar-refractivity contribution in [2.75, 3.05) is 13.1 Å². The summed E-state index contributed by atoms with van der Waals surface area (Å²) in [5, 5.41) is 36.1. The number of alkyl halides is 3. The van der Waals surface area contributed by atoms with E-state index in [-0.39, 0.29) is 29.4 Å². The number of hydrogen-bond acceptors (Lipinski definition) is 10. The molecule has 0 spiro atoms. The smallest absolute Gasteiger partial charge is 0.475 e. The molecule has 1 aliphatic rings. The molecule has 202 valence electrons. The number of H-pyrrole nitrogens is 2. The number of aliphatic carboxylic acids is 1. The number of nitrogens with one attached hydrogen (secondary N) is 3. The number of primary sulfonamides is 1. The van der Waals surface area contributed by atoms with Crippen LogP contribution in [0.2, 0.25) is 0 Å². The molecule has 4 aromatic rings. The fourth-order valence-electron chi connectivity index (χ4n) is 3.57. The van der Waals surface area contributed by atoms with Crippen LogP contribution in [0.1, 0.15) is 0 Å². The summed E-state index contributed by atoms with van der Waals surface area (Å²) in [5.74, 6) is -2.85. The highest BCUT2D eigenvalue weighted by Crippen LogP contribution is 2.40. The van der Waals surface area contributed by atoms with Gasteiger partial charge >= 0.3 is 12.1 Å². The predicted molar refractivity (Wildman–Crippen MR) is 124 cm³/mol. The minimum atomic E-state index is -5.08. The lowest BCUT2D eigenvalue weighted by Crippen LogP contribution is -2.51. The minimum absolute atomic E-state index is 0.0385. The summed E-state index contributed by atoms with van der Waals surface area (Å²) in [7, 11) is -8.47. The fourth-order valence-corrected chi connectivity index (χ4v) is 6.75. The van der Waals surface area contributed by atoms with Gasteiger partial charge in [-0.1, -0.05) is 18.2 Å². The van der Waals surface area contributed by atoms with Crippen LogP contribution in [0.25, 0.3) is 33.4 Å². The monoisotopic (exact) mass is 574 g/mol. The number of benzene rings is 2. The zero-order chi connectivity index (χ0) is 27.9. The largest absolute Gasteiger partial charge is 0.490 e. The predicted octanol–water partition coefficient (Wildman–Crippen LogP) is 0.436. The lowest BCUT2D eigenvalue weighted by atomic mass is 9.98. The molecular formula is C19H17F3N8O6S2. The van der Waals surface area contributed by atoms with Crippen LogP contribution in [-0.2, 0) is 24.7 Å². The van der Waals surface area contributed by atoms with Gasteiger partial charge in [0.15, 0.2) is 9.84 Å². The van der Waals surface area contributed by atoms with Crippen LogP contribution in [0.5, 0.6) is 0 Å². The highest BCUT2D eigenvalue weighted by Gasteiger charge is 2.39. The number of hydrogen-bond donors (Lipinski definition) is 5. The third-order valence-corrected chi connectivity index (χ3v) is 8.75. The maximum Gasteiger partial charge on any atom is 0.490 e. The number of rotatable bonds is 5. The average molecular weight is 575 g/mol. The Kier molecular flexibility index (Phi) is 6.95. The molecule has 0 amide bonds. The number of nitrogens with two attached hydrogens (primary N) is 1. The van der Waals surface area contributed by atoms with E-state index in [4.69, 9.17) is 15.0 Å². The molecule has 0 unspecified atom stereocenters. The third-order valence-electron chi connectivity index (χ3n) is 5.46. The Morgan fingerprint density at radius 1 is 1.11 bits per heavy atom. The Labute approximate surface area is 211 Å². The first-order valence-electron chi connectivity index (χ1n) is 10.3. The lowest BCUT2D eigenvalue weighted by molar-refractivity contribution is -0.192. The van der Waals surface area contributed by atoms with Crippen LogP contribution in [-0.4, -0.2) is 83.2 Å². The van der Waals surface area contributed by atoms with Gasteiger partial charge in [-0.05, 0) is 28.5 Å². The van der Waals surface area contributed by atoms with Crippen molar-refractivity contribution < 1.29 is 39.9 Å². The summed E-state index contributed by atoms with van der Waals surface area (Å²) in [4.78, 5) is 7.96. The molecule has 1 fully saturated rings. The van der Waals surface area contributed by atoms with Gasteiger partial charge < -0.3 is 10.4 Å². The van der Waals surface area contributed by atoms with Crippen LogP contribution in [0.3, 0.4) is 0 Å². The van der Waals surface area contributed by atoms with Crippen molar-refractivity contribution in [2.45, 2.75) is 21.2 Å². The fraction of sp³-hybridized carbons (Fsp3) is 0.211. The second kappa shape index (κ2) is 9.74. The third kappa shape index (κ3) is 5.21. The number of fused-ring (bicyclic) bond motifs is 1. The van der Waals surface area contributed by atoms with Gasteiger partial charge in [0, 0.05) is 18.5 Å². The zero-order valence-electron chi connectivity index (χ0n) is 18.8.